The Balaban J connectivity index is 1.73. The largest absolute Gasteiger partial charge is 0.497 e. The number of amides is 1. The summed E-state index contributed by atoms with van der Waals surface area (Å²) in [5.41, 5.74) is 2.04. The molecule has 1 amide bonds. The second-order valence-electron chi connectivity index (χ2n) is 6.91. The number of pyridine rings is 1. The summed E-state index contributed by atoms with van der Waals surface area (Å²) in [6.45, 7) is 0.419. The first-order chi connectivity index (χ1) is 12.7. The van der Waals surface area contributed by atoms with Gasteiger partial charge in [0.15, 0.2) is 0 Å². The normalized spacial score (nSPS) is 15.8. The molecule has 1 atom stereocenters. The molecule has 1 aliphatic rings. The lowest BCUT2D eigenvalue weighted by atomic mass is 9.99. The van der Waals surface area contributed by atoms with E-state index in [0.29, 0.717) is 12.6 Å². The molecule has 0 unspecified atom stereocenters. The van der Waals surface area contributed by atoms with E-state index in [9.17, 15) is 4.79 Å². The Kier molecular flexibility index (Phi) is 6.23. The Morgan fingerprint density at radius 2 is 1.77 bits per heavy atom. The molecule has 3 rings (SSSR count). The molecule has 2 aromatic rings. The third kappa shape index (κ3) is 4.61. The van der Waals surface area contributed by atoms with Crippen LogP contribution in [0.2, 0.25) is 0 Å². The van der Waals surface area contributed by atoms with Gasteiger partial charge in [-0.1, -0.05) is 25.0 Å². The number of aromatic nitrogens is 1. The Morgan fingerprint density at radius 3 is 2.38 bits per heavy atom. The van der Waals surface area contributed by atoms with Gasteiger partial charge in [0, 0.05) is 18.4 Å². The average Bonchev–Trinajstić information content (AvgIpc) is 3.22. The second-order valence-corrected chi connectivity index (χ2v) is 6.91. The van der Waals surface area contributed by atoms with Gasteiger partial charge in [0.1, 0.15) is 5.75 Å². The molecular weight excluding hydrogens is 326 g/mol. The molecule has 1 aromatic carbocycles. The standard InChI is InChI=1S/C21H27N3O2/c1-24(18-5-3-4-6-18)15-20(25)23-21(17-11-13-22-14-12-17)16-7-9-19(26-2)10-8-16/h7-14,18,21H,3-6,15H2,1-2H3,(H,23,25)/t21-/m0/s1. The van der Waals surface area contributed by atoms with Crippen molar-refractivity contribution in [3.8, 4) is 5.75 Å². The quantitative estimate of drug-likeness (QED) is 0.831. The van der Waals surface area contributed by atoms with Crippen molar-refractivity contribution in [3.05, 3.63) is 59.9 Å². The van der Waals surface area contributed by atoms with Gasteiger partial charge in [-0.05, 0) is 55.3 Å². The fourth-order valence-corrected chi connectivity index (χ4v) is 3.62. The third-order valence-corrected chi connectivity index (χ3v) is 5.13. The van der Waals surface area contributed by atoms with E-state index in [4.69, 9.17) is 4.74 Å². The first-order valence-electron chi connectivity index (χ1n) is 9.21. The molecule has 1 N–H and O–H groups in total. The van der Waals surface area contributed by atoms with Crippen LogP contribution in [0.4, 0.5) is 0 Å². The van der Waals surface area contributed by atoms with Crippen molar-refractivity contribution in [3.63, 3.8) is 0 Å². The minimum Gasteiger partial charge on any atom is -0.497 e. The molecule has 0 aliphatic heterocycles. The number of nitrogens with zero attached hydrogens (tertiary/aromatic N) is 2. The molecule has 1 saturated carbocycles. The van der Waals surface area contributed by atoms with Gasteiger partial charge in [-0.25, -0.2) is 0 Å². The van der Waals surface area contributed by atoms with Crippen molar-refractivity contribution in [1.82, 2.24) is 15.2 Å². The minimum atomic E-state index is -0.201. The molecule has 0 spiro atoms. The molecule has 1 aliphatic carbocycles. The zero-order valence-electron chi connectivity index (χ0n) is 15.5. The van der Waals surface area contributed by atoms with Gasteiger partial charge in [-0.15, -0.1) is 0 Å². The van der Waals surface area contributed by atoms with Crippen LogP contribution in [-0.4, -0.2) is 42.5 Å². The van der Waals surface area contributed by atoms with Gasteiger partial charge in [-0.3, -0.25) is 14.7 Å². The topological polar surface area (TPSA) is 54.5 Å². The molecule has 26 heavy (non-hydrogen) atoms. The monoisotopic (exact) mass is 353 g/mol. The van der Waals surface area contributed by atoms with Crippen molar-refractivity contribution < 1.29 is 9.53 Å². The number of hydrogen-bond donors (Lipinski definition) is 1. The van der Waals surface area contributed by atoms with E-state index in [1.165, 1.54) is 25.7 Å². The number of ether oxygens (including phenoxy) is 1. The average molecular weight is 353 g/mol. The van der Waals surface area contributed by atoms with Crippen LogP contribution in [0.15, 0.2) is 48.8 Å². The summed E-state index contributed by atoms with van der Waals surface area (Å²) in [6, 6.07) is 12.0. The van der Waals surface area contributed by atoms with Gasteiger partial charge in [0.2, 0.25) is 5.91 Å². The second kappa shape index (κ2) is 8.81. The fraction of sp³-hybridized carbons (Fsp3) is 0.429. The van der Waals surface area contributed by atoms with Crippen molar-refractivity contribution in [2.24, 2.45) is 0 Å². The van der Waals surface area contributed by atoms with E-state index in [1.807, 2.05) is 43.4 Å². The number of rotatable bonds is 7. The van der Waals surface area contributed by atoms with E-state index in [0.717, 1.165) is 16.9 Å². The van der Waals surface area contributed by atoms with E-state index >= 15 is 0 Å². The van der Waals surface area contributed by atoms with E-state index in [2.05, 4.69) is 15.2 Å². The number of carbonyl (C=O) groups is 1. The van der Waals surface area contributed by atoms with Crippen molar-refractivity contribution in [1.29, 1.82) is 0 Å². The summed E-state index contributed by atoms with van der Waals surface area (Å²) < 4.78 is 5.24. The van der Waals surface area contributed by atoms with Crippen LogP contribution in [0.5, 0.6) is 5.75 Å². The summed E-state index contributed by atoms with van der Waals surface area (Å²) in [7, 11) is 3.69. The highest BCUT2D eigenvalue weighted by Gasteiger charge is 2.23. The molecule has 0 saturated heterocycles. The Hall–Kier alpha value is -2.40. The maximum absolute atomic E-state index is 12.7. The maximum atomic E-state index is 12.7. The number of likely N-dealkylation sites (N-methyl/N-ethyl adjacent to an activating group) is 1. The zero-order chi connectivity index (χ0) is 18.4. The van der Waals surface area contributed by atoms with Crippen LogP contribution in [0.3, 0.4) is 0 Å². The van der Waals surface area contributed by atoms with Crippen LogP contribution in [-0.2, 0) is 4.79 Å². The number of methoxy groups -OCH3 is 1. The molecule has 0 radical (unpaired) electrons. The Labute approximate surface area is 155 Å². The van der Waals surface area contributed by atoms with Gasteiger partial charge in [0.25, 0.3) is 0 Å². The van der Waals surface area contributed by atoms with Crippen molar-refractivity contribution >= 4 is 5.91 Å². The molecule has 138 valence electrons. The van der Waals surface area contributed by atoms with Crippen molar-refractivity contribution in [2.75, 3.05) is 20.7 Å². The predicted molar refractivity (Wildman–Crippen MR) is 102 cm³/mol. The third-order valence-electron chi connectivity index (χ3n) is 5.13. The van der Waals surface area contributed by atoms with Crippen LogP contribution in [0.1, 0.15) is 42.9 Å². The summed E-state index contributed by atoms with van der Waals surface area (Å²) in [4.78, 5) is 19.0. The van der Waals surface area contributed by atoms with Gasteiger partial charge >= 0.3 is 0 Å². The SMILES string of the molecule is COc1ccc([C@H](NC(=O)CN(C)C2CCCC2)c2ccncc2)cc1. The Morgan fingerprint density at radius 1 is 1.15 bits per heavy atom. The fourth-order valence-electron chi connectivity index (χ4n) is 3.62. The van der Waals surface area contributed by atoms with Gasteiger partial charge in [0.05, 0.1) is 19.7 Å². The highest BCUT2D eigenvalue weighted by Crippen LogP contribution is 2.25. The molecule has 1 fully saturated rings. The summed E-state index contributed by atoms with van der Waals surface area (Å²) >= 11 is 0. The van der Waals surface area contributed by atoms with E-state index in [1.54, 1.807) is 19.5 Å². The first kappa shape index (κ1) is 18.4. The Bertz CT molecular complexity index is 697. The number of hydrogen-bond acceptors (Lipinski definition) is 4. The summed E-state index contributed by atoms with van der Waals surface area (Å²) in [6.07, 6.45) is 8.42. The molecule has 1 heterocycles. The smallest absolute Gasteiger partial charge is 0.234 e. The first-order valence-corrected chi connectivity index (χ1v) is 9.21. The van der Waals surface area contributed by atoms with Crippen LogP contribution < -0.4 is 10.1 Å². The molecular formula is C21H27N3O2. The van der Waals surface area contributed by atoms with Gasteiger partial charge in [-0.2, -0.15) is 0 Å². The summed E-state index contributed by atoms with van der Waals surface area (Å²) in [5.74, 6) is 0.839. The summed E-state index contributed by atoms with van der Waals surface area (Å²) in [5, 5.41) is 3.19. The maximum Gasteiger partial charge on any atom is 0.234 e. The van der Waals surface area contributed by atoms with E-state index in [-0.39, 0.29) is 11.9 Å². The molecule has 1 aromatic heterocycles. The minimum absolute atomic E-state index is 0.0389. The highest BCUT2D eigenvalue weighted by molar-refractivity contribution is 5.79. The van der Waals surface area contributed by atoms with Crippen LogP contribution >= 0.6 is 0 Å². The zero-order valence-corrected chi connectivity index (χ0v) is 15.5. The van der Waals surface area contributed by atoms with Gasteiger partial charge < -0.3 is 10.1 Å². The van der Waals surface area contributed by atoms with Crippen molar-refractivity contribution in [2.45, 2.75) is 37.8 Å². The van der Waals surface area contributed by atoms with Crippen LogP contribution in [0.25, 0.3) is 0 Å². The number of benzene rings is 1. The lowest BCUT2D eigenvalue weighted by Crippen LogP contribution is -2.41. The highest BCUT2D eigenvalue weighted by atomic mass is 16.5. The molecule has 5 nitrogen and oxygen atoms in total. The number of nitrogens with one attached hydrogen (secondary N) is 1. The molecule has 5 heteroatoms. The molecule has 0 bridgehead atoms. The van der Waals surface area contributed by atoms with Crippen LogP contribution in [0, 0.1) is 0 Å². The van der Waals surface area contributed by atoms with E-state index < -0.39 is 0 Å². The number of carbonyl (C=O) groups excluding carboxylic acids is 1. The lowest BCUT2D eigenvalue weighted by molar-refractivity contribution is -0.122. The predicted octanol–water partition coefficient (Wildman–Crippen LogP) is 3.17. The lowest BCUT2D eigenvalue weighted by Gasteiger charge is -2.25.